The number of aromatic nitrogens is 1. The van der Waals surface area contributed by atoms with Crippen LogP contribution < -0.4 is 4.74 Å². The van der Waals surface area contributed by atoms with E-state index in [-0.39, 0.29) is 5.75 Å². The van der Waals surface area contributed by atoms with Gasteiger partial charge >= 0.3 is 0 Å². The van der Waals surface area contributed by atoms with Crippen molar-refractivity contribution < 1.29 is 9.84 Å². The molecule has 1 N–H and O–H groups in total. The minimum atomic E-state index is 0.238. The predicted octanol–water partition coefficient (Wildman–Crippen LogP) is 3.57. The van der Waals surface area contributed by atoms with Crippen LogP contribution in [0.3, 0.4) is 0 Å². The molecule has 0 aliphatic heterocycles. The van der Waals surface area contributed by atoms with Crippen LogP contribution in [-0.4, -0.2) is 10.1 Å². The van der Waals surface area contributed by atoms with Gasteiger partial charge in [0.25, 0.3) is 5.19 Å². The highest BCUT2D eigenvalue weighted by Crippen LogP contribution is 2.33. The summed E-state index contributed by atoms with van der Waals surface area (Å²) in [6.07, 6.45) is 0. The van der Waals surface area contributed by atoms with E-state index in [0.29, 0.717) is 10.9 Å². The lowest BCUT2D eigenvalue weighted by Crippen LogP contribution is -1.87. The molecule has 0 spiro atoms. The van der Waals surface area contributed by atoms with Crippen LogP contribution in [0.15, 0.2) is 18.2 Å². The number of nitrogens with zero attached hydrogens (tertiary/aromatic N) is 1. The van der Waals surface area contributed by atoms with Crippen molar-refractivity contribution in [2.75, 3.05) is 0 Å². The van der Waals surface area contributed by atoms with Gasteiger partial charge in [0, 0.05) is 10.4 Å². The van der Waals surface area contributed by atoms with E-state index in [1.165, 1.54) is 11.3 Å². The number of phenols is 1. The average Bonchev–Trinajstić information content (AvgIpc) is 2.54. The average molecular weight is 235 g/mol. The predicted molar refractivity (Wildman–Crippen MR) is 64.5 cm³/mol. The van der Waals surface area contributed by atoms with Gasteiger partial charge in [-0.15, -0.1) is 0 Å². The zero-order valence-electron chi connectivity index (χ0n) is 9.44. The molecule has 0 atom stereocenters. The van der Waals surface area contributed by atoms with E-state index >= 15 is 0 Å². The van der Waals surface area contributed by atoms with E-state index in [9.17, 15) is 5.11 Å². The van der Waals surface area contributed by atoms with Crippen molar-refractivity contribution in [3.63, 3.8) is 0 Å². The third-order valence-corrected chi connectivity index (χ3v) is 3.41. The van der Waals surface area contributed by atoms with Crippen LogP contribution in [0.1, 0.15) is 16.1 Å². The molecule has 2 rings (SSSR count). The topological polar surface area (TPSA) is 42.4 Å². The maximum Gasteiger partial charge on any atom is 0.279 e. The Hall–Kier alpha value is -1.55. The molecule has 0 saturated carbocycles. The van der Waals surface area contributed by atoms with Crippen molar-refractivity contribution in [1.82, 2.24) is 4.98 Å². The fraction of sp³-hybridized carbons (Fsp3) is 0.250. The number of hydrogen-bond donors (Lipinski definition) is 1. The highest BCUT2D eigenvalue weighted by molar-refractivity contribution is 7.13. The van der Waals surface area contributed by atoms with Gasteiger partial charge < -0.3 is 9.84 Å². The van der Waals surface area contributed by atoms with Crippen molar-refractivity contribution in [2.45, 2.75) is 20.8 Å². The van der Waals surface area contributed by atoms with E-state index in [1.807, 2.05) is 26.8 Å². The molecule has 0 aliphatic rings. The van der Waals surface area contributed by atoms with E-state index in [4.69, 9.17) is 4.74 Å². The largest absolute Gasteiger partial charge is 0.508 e. The molecule has 0 unspecified atom stereocenters. The van der Waals surface area contributed by atoms with Gasteiger partial charge in [0.15, 0.2) is 0 Å². The molecular formula is C12H13NO2S. The highest BCUT2D eigenvalue weighted by atomic mass is 32.1. The maximum atomic E-state index is 9.54. The van der Waals surface area contributed by atoms with Crippen molar-refractivity contribution in [1.29, 1.82) is 0 Å². The summed E-state index contributed by atoms with van der Waals surface area (Å²) in [5, 5.41) is 10.2. The number of aryl methyl sites for hydroxylation is 2. The Morgan fingerprint density at radius 2 is 2.00 bits per heavy atom. The summed E-state index contributed by atoms with van der Waals surface area (Å²) in [6.45, 7) is 5.78. The Bertz CT molecular complexity index is 500. The van der Waals surface area contributed by atoms with Crippen molar-refractivity contribution in [3.8, 4) is 16.7 Å². The van der Waals surface area contributed by atoms with Crippen molar-refractivity contribution >= 4 is 11.3 Å². The summed E-state index contributed by atoms with van der Waals surface area (Å²) >= 11 is 1.51. The second kappa shape index (κ2) is 4.14. The van der Waals surface area contributed by atoms with Gasteiger partial charge in [0.05, 0.1) is 5.69 Å². The van der Waals surface area contributed by atoms with E-state index in [2.05, 4.69) is 4.98 Å². The quantitative estimate of drug-likeness (QED) is 0.865. The second-order valence-electron chi connectivity index (χ2n) is 3.62. The summed E-state index contributed by atoms with van der Waals surface area (Å²) in [7, 11) is 0. The smallest absolute Gasteiger partial charge is 0.279 e. The molecule has 0 aliphatic carbocycles. The molecule has 4 heteroatoms. The van der Waals surface area contributed by atoms with Crippen molar-refractivity contribution in [3.05, 3.63) is 34.3 Å². The zero-order valence-corrected chi connectivity index (χ0v) is 10.3. The van der Waals surface area contributed by atoms with Gasteiger partial charge in [-0.2, -0.15) is 0 Å². The third kappa shape index (κ3) is 2.02. The molecule has 0 radical (unpaired) electrons. The van der Waals surface area contributed by atoms with Gasteiger partial charge in [0.2, 0.25) is 0 Å². The normalized spacial score (nSPS) is 10.4. The first kappa shape index (κ1) is 11.0. The molecule has 84 valence electrons. The fourth-order valence-corrected chi connectivity index (χ4v) is 2.06. The van der Waals surface area contributed by atoms with Gasteiger partial charge in [-0.1, -0.05) is 17.4 Å². The monoisotopic (exact) mass is 235 g/mol. The molecule has 0 fully saturated rings. The highest BCUT2D eigenvalue weighted by Gasteiger charge is 2.09. The lowest BCUT2D eigenvalue weighted by atomic mass is 10.2. The molecular weight excluding hydrogens is 222 g/mol. The lowest BCUT2D eigenvalue weighted by Gasteiger charge is -2.06. The Balaban J connectivity index is 2.30. The minimum Gasteiger partial charge on any atom is -0.508 e. The van der Waals surface area contributed by atoms with E-state index in [0.717, 1.165) is 16.1 Å². The van der Waals surface area contributed by atoms with Crippen LogP contribution in [0.5, 0.6) is 16.7 Å². The number of ether oxygens (including phenoxy) is 1. The molecule has 1 heterocycles. The first-order valence-electron chi connectivity index (χ1n) is 4.98. The Morgan fingerprint density at radius 1 is 1.25 bits per heavy atom. The molecule has 0 bridgehead atoms. The molecule has 0 saturated heterocycles. The van der Waals surface area contributed by atoms with Gasteiger partial charge in [-0.3, -0.25) is 0 Å². The Kier molecular flexibility index (Phi) is 2.83. The first-order chi connectivity index (χ1) is 7.58. The standard InChI is InChI=1S/C12H13NO2S/c1-7-10(14)5-4-6-11(7)15-12-13-8(2)9(3)16-12/h4-6,14H,1-3H3. The number of thiazole rings is 1. The van der Waals surface area contributed by atoms with E-state index in [1.54, 1.807) is 12.1 Å². The molecule has 1 aromatic heterocycles. The molecule has 2 aromatic rings. The summed E-state index contributed by atoms with van der Waals surface area (Å²) in [4.78, 5) is 5.44. The fourth-order valence-electron chi connectivity index (χ4n) is 1.29. The van der Waals surface area contributed by atoms with Crippen LogP contribution in [0, 0.1) is 20.8 Å². The number of phenolic OH excluding ortho intramolecular Hbond substituents is 1. The van der Waals surface area contributed by atoms with Gasteiger partial charge in [-0.05, 0) is 32.9 Å². The summed E-state index contributed by atoms with van der Waals surface area (Å²) in [6, 6.07) is 5.21. The number of hydrogen-bond acceptors (Lipinski definition) is 4. The van der Waals surface area contributed by atoms with Gasteiger partial charge in [0.1, 0.15) is 11.5 Å². The SMILES string of the molecule is Cc1nc(Oc2cccc(O)c2C)sc1C. The molecule has 1 aromatic carbocycles. The summed E-state index contributed by atoms with van der Waals surface area (Å²) in [5.74, 6) is 0.885. The van der Waals surface area contributed by atoms with E-state index < -0.39 is 0 Å². The van der Waals surface area contributed by atoms with Crippen LogP contribution >= 0.6 is 11.3 Å². The van der Waals surface area contributed by atoms with Crippen LogP contribution in [0.25, 0.3) is 0 Å². The van der Waals surface area contributed by atoms with Crippen LogP contribution in [0.2, 0.25) is 0 Å². The summed E-state index contributed by atoms with van der Waals surface area (Å²) < 4.78 is 5.64. The lowest BCUT2D eigenvalue weighted by molar-refractivity contribution is 0.446. The van der Waals surface area contributed by atoms with Gasteiger partial charge in [-0.25, -0.2) is 4.98 Å². The Labute approximate surface area is 98.4 Å². The maximum absolute atomic E-state index is 9.54. The third-order valence-electron chi connectivity index (χ3n) is 2.46. The molecule has 0 amide bonds. The molecule has 3 nitrogen and oxygen atoms in total. The number of benzene rings is 1. The molecule has 16 heavy (non-hydrogen) atoms. The number of rotatable bonds is 2. The van der Waals surface area contributed by atoms with Crippen LogP contribution in [-0.2, 0) is 0 Å². The minimum absolute atomic E-state index is 0.238. The first-order valence-corrected chi connectivity index (χ1v) is 5.80. The van der Waals surface area contributed by atoms with Crippen molar-refractivity contribution in [2.24, 2.45) is 0 Å². The number of aromatic hydroxyl groups is 1. The Morgan fingerprint density at radius 3 is 2.62 bits per heavy atom. The zero-order chi connectivity index (χ0) is 11.7. The van der Waals surface area contributed by atoms with Crippen LogP contribution in [0.4, 0.5) is 0 Å². The second-order valence-corrected chi connectivity index (χ2v) is 4.79. The summed E-state index contributed by atoms with van der Waals surface area (Å²) in [5.41, 5.74) is 1.71.